The molecule has 0 radical (unpaired) electrons. The van der Waals surface area contributed by atoms with Gasteiger partial charge in [0.15, 0.2) is 0 Å². The molecule has 1 aromatic heterocycles. The van der Waals surface area contributed by atoms with Crippen molar-refractivity contribution in [3.63, 3.8) is 0 Å². The van der Waals surface area contributed by atoms with Crippen LogP contribution in [0.3, 0.4) is 0 Å². The van der Waals surface area contributed by atoms with Crippen molar-refractivity contribution < 1.29 is 14.3 Å². The van der Waals surface area contributed by atoms with Gasteiger partial charge in [0.1, 0.15) is 10.9 Å². The van der Waals surface area contributed by atoms with Crippen molar-refractivity contribution in [1.82, 2.24) is 4.98 Å². The van der Waals surface area contributed by atoms with Crippen molar-refractivity contribution >= 4 is 17.6 Å². The molecule has 1 heterocycles. The second kappa shape index (κ2) is 4.81. The van der Waals surface area contributed by atoms with Crippen molar-refractivity contribution in [3.05, 3.63) is 23.0 Å². The van der Waals surface area contributed by atoms with E-state index in [1.807, 2.05) is 0 Å². The number of esters is 1. The maximum atomic E-state index is 11.0. The minimum atomic E-state index is -0.377. The number of pyridine rings is 1. The molecule has 0 N–H and O–H groups in total. The molecular weight excluding hydrogens is 206 g/mol. The standard InChI is InChI=1S/C9H10ClNO3/c1-13-7-3-4-8(10)11-6(7)5-9(12)14-2/h3-4H,5H2,1-2H3. The predicted molar refractivity (Wildman–Crippen MR) is 51.5 cm³/mol. The zero-order valence-electron chi connectivity index (χ0n) is 7.91. The molecule has 0 bridgehead atoms. The summed E-state index contributed by atoms with van der Waals surface area (Å²) >= 11 is 5.68. The number of carbonyl (C=O) groups excluding carboxylic acids is 1. The van der Waals surface area contributed by atoms with Crippen molar-refractivity contribution in [2.75, 3.05) is 14.2 Å². The third kappa shape index (κ3) is 2.60. The molecule has 0 aliphatic carbocycles. The topological polar surface area (TPSA) is 48.4 Å². The smallest absolute Gasteiger partial charge is 0.311 e. The normalized spacial score (nSPS) is 9.64. The van der Waals surface area contributed by atoms with E-state index in [0.717, 1.165) is 0 Å². The summed E-state index contributed by atoms with van der Waals surface area (Å²) in [5, 5.41) is 0.324. The summed E-state index contributed by atoms with van der Waals surface area (Å²) in [6.45, 7) is 0. The highest BCUT2D eigenvalue weighted by atomic mass is 35.5. The Balaban J connectivity index is 2.93. The fourth-order valence-electron chi connectivity index (χ4n) is 0.983. The molecule has 0 saturated carbocycles. The average molecular weight is 216 g/mol. The molecule has 5 heteroatoms. The van der Waals surface area contributed by atoms with E-state index in [9.17, 15) is 4.79 Å². The van der Waals surface area contributed by atoms with Gasteiger partial charge in [0.2, 0.25) is 0 Å². The van der Waals surface area contributed by atoms with Gasteiger partial charge in [-0.2, -0.15) is 0 Å². The molecule has 0 amide bonds. The second-order valence-corrected chi connectivity index (χ2v) is 2.92. The van der Waals surface area contributed by atoms with E-state index >= 15 is 0 Å². The Hall–Kier alpha value is -1.29. The minimum absolute atomic E-state index is 0.0558. The molecule has 0 atom stereocenters. The van der Waals surface area contributed by atoms with Crippen LogP contribution in [0.2, 0.25) is 5.15 Å². The number of aromatic nitrogens is 1. The third-order valence-corrected chi connectivity index (χ3v) is 1.87. The summed E-state index contributed by atoms with van der Waals surface area (Å²) in [6, 6.07) is 3.26. The monoisotopic (exact) mass is 215 g/mol. The van der Waals surface area contributed by atoms with Crippen LogP contribution in [-0.2, 0) is 16.0 Å². The Morgan fingerprint density at radius 3 is 2.79 bits per heavy atom. The highest BCUT2D eigenvalue weighted by Crippen LogP contribution is 2.19. The van der Waals surface area contributed by atoms with Crippen LogP contribution in [-0.4, -0.2) is 25.2 Å². The molecule has 0 aliphatic heterocycles. The average Bonchev–Trinajstić information content (AvgIpc) is 2.18. The number of hydrogen-bond acceptors (Lipinski definition) is 4. The zero-order chi connectivity index (χ0) is 10.6. The minimum Gasteiger partial charge on any atom is -0.495 e. The van der Waals surface area contributed by atoms with Crippen LogP contribution in [0.1, 0.15) is 5.69 Å². The first-order chi connectivity index (χ1) is 6.67. The summed E-state index contributed by atoms with van der Waals surface area (Å²) in [5.41, 5.74) is 0.479. The first-order valence-electron chi connectivity index (χ1n) is 3.93. The van der Waals surface area contributed by atoms with Crippen LogP contribution in [0, 0.1) is 0 Å². The first-order valence-corrected chi connectivity index (χ1v) is 4.31. The summed E-state index contributed by atoms with van der Waals surface area (Å²) in [5.74, 6) is 0.151. The Kier molecular flexibility index (Phi) is 3.71. The number of halogens is 1. The lowest BCUT2D eigenvalue weighted by Crippen LogP contribution is -2.07. The van der Waals surface area contributed by atoms with Gasteiger partial charge in [-0.15, -0.1) is 0 Å². The SMILES string of the molecule is COC(=O)Cc1nc(Cl)ccc1OC. The number of ether oxygens (including phenoxy) is 2. The van der Waals surface area contributed by atoms with E-state index in [4.69, 9.17) is 16.3 Å². The molecule has 1 rings (SSSR count). The van der Waals surface area contributed by atoms with Crippen LogP contribution >= 0.6 is 11.6 Å². The van der Waals surface area contributed by atoms with Gasteiger partial charge in [0.25, 0.3) is 0 Å². The van der Waals surface area contributed by atoms with Gasteiger partial charge in [-0.3, -0.25) is 4.79 Å². The van der Waals surface area contributed by atoms with Crippen LogP contribution < -0.4 is 4.74 Å². The second-order valence-electron chi connectivity index (χ2n) is 2.54. The van der Waals surface area contributed by atoms with Crippen LogP contribution in [0.15, 0.2) is 12.1 Å². The summed E-state index contributed by atoms with van der Waals surface area (Å²) in [4.78, 5) is 15.0. The van der Waals surface area contributed by atoms with Crippen LogP contribution in [0.4, 0.5) is 0 Å². The van der Waals surface area contributed by atoms with Crippen molar-refractivity contribution in [2.45, 2.75) is 6.42 Å². The number of methoxy groups -OCH3 is 2. The lowest BCUT2D eigenvalue weighted by atomic mass is 10.2. The summed E-state index contributed by atoms with van der Waals surface area (Å²) in [6.07, 6.45) is 0.0558. The molecule has 0 unspecified atom stereocenters. The van der Waals surface area contributed by atoms with Gasteiger partial charge >= 0.3 is 5.97 Å². The van der Waals surface area contributed by atoms with Crippen molar-refractivity contribution in [2.24, 2.45) is 0 Å². The highest BCUT2D eigenvalue weighted by molar-refractivity contribution is 6.29. The Labute approximate surface area is 86.8 Å². The van der Waals surface area contributed by atoms with Gasteiger partial charge in [-0.05, 0) is 12.1 Å². The Morgan fingerprint density at radius 2 is 2.21 bits per heavy atom. The molecular formula is C9H10ClNO3. The molecule has 0 saturated heterocycles. The maximum absolute atomic E-state index is 11.0. The van der Waals surface area contributed by atoms with Crippen molar-refractivity contribution in [1.29, 1.82) is 0 Å². The van der Waals surface area contributed by atoms with Crippen LogP contribution in [0.25, 0.3) is 0 Å². The van der Waals surface area contributed by atoms with E-state index in [2.05, 4.69) is 9.72 Å². The first kappa shape index (κ1) is 10.8. The summed E-state index contributed by atoms with van der Waals surface area (Å²) < 4.78 is 9.53. The van der Waals surface area contributed by atoms with Crippen LogP contribution in [0.5, 0.6) is 5.75 Å². The van der Waals surface area contributed by atoms with Gasteiger partial charge in [0, 0.05) is 0 Å². The lowest BCUT2D eigenvalue weighted by Gasteiger charge is -2.06. The lowest BCUT2D eigenvalue weighted by molar-refractivity contribution is -0.139. The van der Waals surface area contributed by atoms with Gasteiger partial charge in [0.05, 0.1) is 26.3 Å². The quantitative estimate of drug-likeness (QED) is 0.566. The molecule has 0 aromatic carbocycles. The largest absolute Gasteiger partial charge is 0.495 e. The molecule has 0 aliphatic rings. The molecule has 0 spiro atoms. The zero-order valence-corrected chi connectivity index (χ0v) is 8.67. The van der Waals surface area contributed by atoms with E-state index in [1.165, 1.54) is 14.2 Å². The molecule has 0 fully saturated rings. The Morgan fingerprint density at radius 1 is 1.50 bits per heavy atom. The number of rotatable bonds is 3. The van der Waals surface area contributed by atoms with E-state index < -0.39 is 0 Å². The maximum Gasteiger partial charge on any atom is 0.311 e. The van der Waals surface area contributed by atoms with Gasteiger partial charge in [-0.25, -0.2) is 4.98 Å². The third-order valence-electron chi connectivity index (χ3n) is 1.66. The highest BCUT2D eigenvalue weighted by Gasteiger charge is 2.10. The molecule has 76 valence electrons. The van der Waals surface area contributed by atoms with E-state index in [1.54, 1.807) is 12.1 Å². The van der Waals surface area contributed by atoms with E-state index in [0.29, 0.717) is 16.6 Å². The number of carbonyl (C=O) groups is 1. The van der Waals surface area contributed by atoms with Gasteiger partial charge < -0.3 is 9.47 Å². The number of nitrogens with zero attached hydrogens (tertiary/aromatic N) is 1. The molecule has 14 heavy (non-hydrogen) atoms. The fourth-order valence-corrected chi connectivity index (χ4v) is 1.15. The molecule has 4 nitrogen and oxygen atoms in total. The van der Waals surface area contributed by atoms with Crippen molar-refractivity contribution in [3.8, 4) is 5.75 Å². The number of hydrogen-bond donors (Lipinski definition) is 0. The molecule has 1 aromatic rings. The fraction of sp³-hybridized carbons (Fsp3) is 0.333. The summed E-state index contributed by atoms with van der Waals surface area (Å²) in [7, 11) is 2.82. The van der Waals surface area contributed by atoms with E-state index in [-0.39, 0.29) is 12.4 Å². The Bertz CT molecular complexity index is 341. The van der Waals surface area contributed by atoms with Gasteiger partial charge in [-0.1, -0.05) is 11.6 Å². The predicted octanol–water partition coefficient (Wildman–Crippen LogP) is 1.46.